The number of alkyl halides is 3. The molecular formula is C43H47F4N9O5S. The number of carbonyl (C=O) groups excluding carboxylic acids is 4. The maximum absolute atomic E-state index is 14.8. The fourth-order valence-electron chi connectivity index (χ4n) is 9.13. The largest absolute Gasteiger partial charge is 0.492 e. The highest BCUT2D eigenvalue weighted by molar-refractivity contribution is 7.81. The van der Waals surface area contributed by atoms with Gasteiger partial charge in [-0.25, -0.2) is 9.37 Å². The Morgan fingerprint density at radius 3 is 2.44 bits per heavy atom. The molecule has 0 bridgehead atoms. The lowest BCUT2D eigenvalue weighted by molar-refractivity contribution is -0.138. The van der Waals surface area contributed by atoms with E-state index in [0.717, 1.165) is 48.5 Å². The van der Waals surface area contributed by atoms with Gasteiger partial charge in [0.2, 0.25) is 17.7 Å². The molecule has 3 aromatic rings. The van der Waals surface area contributed by atoms with Crippen LogP contribution in [0.4, 0.5) is 40.3 Å². The van der Waals surface area contributed by atoms with Crippen molar-refractivity contribution in [1.29, 1.82) is 5.26 Å². The molecule has 1 aromatic heterocycles. The van der Waals surface area contributed by atoms with Crippen LogP contribution in [-0.4, -0.2) is 100 Å². The summed E-state index contributed by atoms with van der Waals surface area (Å²) in [5.41, 5.74) is -1.83. The van der Waals surface area contributed by atoms with Gasteiger partial charge in [0.1, 0.15) is 35.8 Å². The van der Waals surface area contributed by atoms with E-state index in [2.05, 4.69) is 30.7 Å². The number of rotatable bonds is 12. The Balaban J connectivity index is 0.881. The summed E-state index contributed by atoms with van der Waals surface area (Å²) < 4.78 is 62.8. The van der Waals surface area contributed by atoms with E-state index in [1.807, 2.05) is 36.9 Å². The van der Waals surface area contributed by atoms with Crippen molar-refractivity contribution in [2.45, 2.75) is 100 Å². The van der Waals surface area contributed by atoms with Crippen LogP contribution in [0.3, 0.4) is 0 Å². The van der Waals surface area contributed by atoms with Crippen molar-refractivity contribution in [3.63, 3.8) is 0 Å². The number of anilines is 4. The predicted octanol–water partition coefficient (Wildman–Crippen LogP) is 5.61. The topological polar surface area (TPSA) is 163 Å². The molecule has 4 amide bonds. The number of nitrogens with zero attached hydrogens (tertiary/aromatic N) is 6. The number of imide groups is 1. The van der Waals surface area contributed by atoms with Crippen LogP contribution in [0.25, 0.3) is 0 Å². The molecule has 4 atom stereocenters. The molecule has 8 rings (SSSR count). The molecular weight excluding hydrogens is 831 g/mol. The van der Waals surface area contributed by atoms with Crippen LogP contribution in [0.1, 0.15) is 81.5 Å². The fraction of sp³-hybridized carbons (Fsp3) is 0.488. The van der Waals surface area contributed by atoms with Crippen LogP contribution >= 0.6 is 12.6 Å². The van der Waals surface area contributed by atoms with E-state index in [-0.39, 0.29) is 60.1 Å². The Bertz CT molecular complexity index is 2310. The van der Waals surface area contributed by atoms with Gasteiger partial charge in [-0.15, -0.1) is 12.6 Å². The minimum absolute atomic E-state index is 0.00737. The molecule has 5 aliphatic rings. The van der Waals surface area contributed by atoms with Crippen LogP contribution in [-0.2, 0) is 25.4 Å². The third-order valence-corrected chi connectivity index (χ3v) is 13.0. The van der Waals surface area contributed by atoms with Gasteiger partial charge in [-0.3, -0.25) is 39.2 Å². The fourth-order valence-corrected chi connectivity index (χ4v) is 9.72. The van der Waals surface area contributed by atoms with E-state index in [9.17, 15) is 42.0 Å². The van der Waals surface area contributed by atoms with Crippen molar-refractivity contribution in [3.05, 3.63) is 71.3 Å². The molecule has 62 heavy (non-hydrogen) atoms. The number of hydrogen-bond acceptors (Lipinski definition) is 12. The van der Waals surface area contributed by atoms with Crippen molar-refractivity contribution >= 4 is 59.0 Å². The van der Waals surface area contributed by atoms with Crippen LogP contribution in [0.5, 0.6) is 5.75 Å². The second-order valence-corrected chi connectivity index (χ2v) is 17.3. The Kier molecular flexibility index (Phi) is 11.9. The minimum atomic E-state index is -4.84. The molecule has 3 N–H and O–H groups in total. The number of aromatic nitrogens is 1. The van der Waals surface area contributed by atoms with Crippen LogP contribution < -0.4 is 30.5 Å². The Morgan fingerprint density at radius 1 is 1.05 bits per heavy atom. The first kappa shape index (κ1) is 43.2. The molecule has 1 spiro atoms. The molecule has 2 saturated carbocycles. The van der Waals surface area contributed by atoms with E-state index in [0.29, 0.717) is 51.2 Å². The van der Waals surface area contributed by atoms with Crippen LogP contribution in [0, 0.1) is 17.1 Å². The maximum Gasteiger partial charge on any atom is 0.419 e. The third kappa shape index (κ3) is 8.51. The van der Waals surface area contributed by atoms with E-state index in [1.54, 1.807) is 0 Å². The standard InChI is InChI=1S/C43H47F4N9O5S/c1-24-21-53(22-25(2)54(24)23-38(58)51-34-16-27(6-8-32(34)44)50-33-9-11-37(57)52-39(33)59)14-15-61-36-10-7-28(17-30(36)26-4-5-26)56-41(62)55(40(60)42(56)12-3-13-42)29-18-31(43(45,46)47)35(19-48)49-20-29/h6-8,10,16-18,20,24-26,33,41,50,62H,3-5,9,11-15,21-23H2,1-2H3,(H,51,58)(H,52,57,59)/t24-,25+,33?,41?. The van der Waals surface area contributed by atoms with E-state index in [4.69, 9.17) is 17.4 Å². The summed E-state index contributed by atoms with van der Waals surface area (Å²) in [6.45, 7) is 6.46. The first-order valence-corrected chi connectivity index (χ1v) is 21.3. The lowest BCUT2D eigenvalue weighted by Gasteiger charge is -2.45. The van der Waals surface area contributed by atoms with Gasteiger partial charge in [0.05, 0.1) is 29.7 Å². The molecule has 19 heteroatoms. The second-order valence-electron chi connectivity index (χ2n) is 16.8. The van der Waals surface area contributed by atoms with E-state index in [1.165, 1.54) is 29.2 Å². The summed E-state index contributed by atoms with van der Waals surface area (Å²) in [6.07, 6.45) is 0.514. The average molecular weight is 878 g/mol. The highest BCUT2D eigenvalue weighted by Gasteiger charge is 2.60. The normalized spacial score (nSPS) is 24.1. The summed E-state index contributed by atoms with van der Waals surface area (Å²) in [4.78, 5) is 62.2. The van der Waals surface area contributed by atoms with Crippen molar-refractivity contribution in [3.8, 4) is 11.8 Å². The van der Waals surface area contributed by atoms with Gasteiger partial charge < -0.3 is 20.3 Å². The number of benzene rings is 2. The maximum atomic E-state index is 14.8. The highest BCUT2D eigenvalue weighted by Crippen LogP contribution is 2.52. The molecule has 3 aliphatic heterocycles. The first-order chi connectivity index (χ1) is 29.6. The van der Waals surface area contributed by atoms with Crippen molar-refractivity contribution in [2.75, 3.05) is 53.2 Å². The first-order valence-electron chi connectivity index (χ1n) is 20.8. The van der Waals surface area contributed by atoms with E-state index >= 15 is 0 Å². The van der Waals surface area contributed by atoms with Crippen molar-refractivity contribution < 1.29 is 41.5 Å². The molecule has 14 nitrogen and oxygen atoms in total. The molecule has 0 radical (unpaired) electrons. The zero-order valence-electron chi connectivity index (χ0n) is 34.2. The quantitative estimate of drug-likeness (QED) is 0.102. The zero-order chi connectivity index (χ0) is 44.1. The number of pyridine rings is 1. The van der Waals surface area contributed by atoms with Crippen molar-refractivity contribution in [1.82, 2.24) is 20.1 Å². The third-order valence-electron chi connectivity index (χ3n) is 12.6. The smallest absolute Gasteiger partial charge is 0.419 e. The number of piperazine rings is 1. The number of nitrogens with one attached hydrogen (secondary N) is 3. The summed E-state index contributed by atoms with van der Waals surface area (Å²) in [6, 6.07) is 11.5. The molecule has 5 fully saturated rings. The monoisotopic (exact) mass is 877 g/mol. The van der Waals surface area contributed by atoms with Gasteiger partial charge in [-0.1, -0.05) is 0 Å². The van der Waals surface area contributed by atoms with Gasteiger partial charge in [0.15, 0.2) is 11.2 Å². The number of nitriles is 1. The molecule has 2 aliphatic carbocycles. The van der Waals surface area contributed by atoms with E-state index < -0.39 is 46.2 Å². The summed E-state index contributed by atoms with van der Waals surface area (Å²) >= 11 is 4.82. The Labute approximate surface area is 361 Å². The van der Waals surface area contributed by atoms with Gasteiger partial charge in [-0.2, -0.15) is 18.4 Å². The number of ether oxygens (including phenoxy) is 1. The summed E-state index contributed by atoms with van der Waals surface area (Å²) in [5, 5.41) is 17.2. The Hall–Kier alpha value is -5.45. The summed E-state index contributed by atoms with van der Waals surface area (Å²) in [7, 11) is 0. The average Bonchev–Trinajstić information content (AvgIpc) is 4.02. The van der Waals surface area contributed by atoms with Gasteiger partial charge in [-0.05, 0) is 106 Å². The molecule has 328 valence electrons. The van der Waals surface area contributed by atoms with Gasteiger partial charge in [0, 0.05) is 49.5 Å². The lowest BCUT2D eigenvalue weighted by Crippen LogP contribution is -2.58. The van der Waals surface area contributed by atoms with Crippen molar-refractivity contribution in [2.24, 2.45) is 0 Å². The predicted molar refractivity (Wildman–Crippen MR) is 224 cm³/mol. The second kappa shape index (κ2) is 17.0. The summed E-state index contributed by atoms with van der Waals surface area (Å²) in [5.74, 6) is -1.17. The molecule has 2 unspecified atom stereocenters. The number of piperidine rings is 1. The number of amides is 4. The molecule has 2 aromatic carbocycles. The highest BCUT2D eigenvalue weighted by atomic mass is 32.1. The van der Waals surface area contributed by atoms with Crippen LogP contribution in [0.2, 0.25) is 0 Å². The van der Waals surface area contributed by atoms with Gasteiger partial charge >= 0.3 is 6.18 Å². The zero-order valence-corrected chi connectivity index (χ0v) is 35.1. The number of carbonyl (C=O) groups is 4. The molecule has 3 saturated heterocycles. The minimum Gasteiger partial charge on any atom is -0.492 e. The van der Waals surface area contributed by atoms with Crippen LogP contribution in [0.15, 0.2) is 48.7 Å². The lowest BCUT2D eigenvalue weighted by atomic mass is 9.75. The number of halogens is 4. The number of hydrogen-bond donors (Lipinski definition) is 4. The Morgan fingerprint density at radius 2 is 1.79 bits per heavy atom. The number of thiol groups is 1. The SMILES string of the molecule is C[C@@H]1CN(CCOc2ccc(N3C(S)N(c4cnc(C#N)c(C(F)(F)F)c4)C(=O)C34CCC4)cc2C2CC2)C[C@H](C)N1CC(=O)Nc1cc(NC2CCC(=O)NC2=O)ccc1F. The van der Waals surface area contributed by atoms with Gasteiger partial charge in [0.25, 0.3) is 5.91 Å². The molecule has 4 heterocycles.